The lowest BCUT2D eigenvalue weighted by Crippen LogP contribution is -2.32. The first-order valence-electron chi connectivity index (χ1n) is 10.4. The topological polar surface area (TPSA) is 27.7 Å². The minimum Gasteiger partial charge on any atom is -0.382 e. The smallest absolute Gasteiger partial charge is 0.123 e. The third-order valence-electron chi connectivity index (χ3n) is 5.04. The second kappa shape index (κ2) is 11.1. The highest BCUT2D eigenvalue weighted by molar-refractivity contribution is 5.23. The number of halogens is 1. The molecule has 0 unspecified atom stereocenters. The molecule has 0 saturated heterocycles. The van der Waals surface area contributed by atoms with Gasteiger partial charge in [-0.05, 0) is 55.6 Å². The van der Waals surface area contributed by atoms with Gasteiger partial charge < -0.3 is 10.2 Å². The number of hydrazine groups is 1. The number of hydrogen-bond donors (Lipinski definition) is 1. The van der Waals surface area contributed by atoms with Gasteiger partial charge in [0.2, 0.25) is 0 Å². The first-order valence-corrected chi connectivity index (χ1v) is 10.4. The zero-order valence-electron chi connectivity index (χ0n) is 17.5. The molecular formula is C24H32FN3O. The van der Waals surface area contributed by atoms with Gasteiger partial charge in [-0.3, -0.25) is 4.90 Å². The Kier molecular flexibility index (Phi) is 8.23. The van der Waals surface area contributed by atoms with Crippen molar-refractivity contribution in [3.8, 4) is 0 Å². The van der Waals surface area contributed by atoms with E-state index in [0.717, 1.165) is 57.8 Å². The van der Waals surface area contributed by atoms with Gasteiger partial charge in [0.1, 0.15) is 5.82 Å². The van der Waals surface area contributed by atoms with Crippen molar-refractivity contribution < 1.29 is 9.13 Å². The summed E-state index contributed by atoms with van der Waals surface area (Å²) in [5, 5.41) is 2.27. The van der Waals surface area contributed by atoms with E-state index in [4.69, 9.17) is 4.74 Å². The van der Waals surface area contributed by atoms with E-state index in [1.807, 2.05) is 19.1 Å². The molecule has 156 valence electrons. The Morgan fingerprint density at radius 3 is 2.62 bits per heavy atom. The van der Waals surface area contributed by atoms with Crippen molar-refractivity contribution in [1.29, 1.82) is 0 Å². The Morgan fingerprint density at radius 1 is 1.07 bits per heavy atom. The Hall–Kier alpha value is -2.21. The van der Waals surface area contributed by atoms with Crippen LogP contribution in [-0.2, 0) is 17.8 Å². The van der Waals surface area contributed by atoms with Crippen molar-refractivity contribution in [1.82, 2.24) is 15.3 Å². The predicted molar refractivity (Wildman–Crippen MR) is 115 cm³/mol. The first kappa shape index (κ1) is 21.5. The molecule has 5 heteroatoms. The molecule has 0 atom stereocenters. The predicted octanol–water partition coefficient (Wildman–Crippen LogP) is 4.35. The maximum atomic E-state index is 13.5. The van der Waals surface area contributed by atoms with Crippen LogP contribution < -0.4 is 5.43 Å². The quantitative estimate of drug-likeness (QED) is 0.571. The van der Waals surface area contributed by atoms with Gasteiger partial charge in [-0.15, -0.1) is 0 Å². The molecule has 0 radical (unpaired) electrons. The molecule has 0 spiro atoms. The number of nitrogens with zero attached hydrogens (tertiary/aromatic N) is 2. The largest absolute Gasteiger partial charge is 0.382 e. The Bertz CT molecular complexity index is 794. The van der Waals surface area contributed by atoms with Crippen LogP contribution in [0.4, 0.5) is 4.39 Å². The van der Waals surface area contributed by atoms with Gasteiger partial charge in [-0.2, -0.15) is 0 Å². The molecule has 0 bridgehead atoms. The standard InChI is InChI=1S/C24H32FN3O/c1-3-29-14-8-13-24-22(18-27(2)16-21-11-7-12-23(25)15-21)19-28(26-24)17-20-9-5-4-6-10-20/h4-7,9-12,15,26H,3,8,13-14,16-19H2,1-2H3. The van der Waals surface area contributed by atoms with E-state index in [1.165, 1.54) is 22.9 Å². The molecule has 1 N–H and O–H groups in total. The van der Waals surface area contributed by atoms with Crippen molar-refractivity contribution in [3.63, 3.8) is 0 Å². The fraction of sp³-hybridized carbons (Fsp3) is 0.417. The Morgan fingerprint density at radius 2 is 1.86 bits per heavy atom. The molecule has 0 aromatic heterocycles. The van der Waals surface area contributed by atoms with Gasteiger partial charge in [0.05, 0.1) is 0 Å². The number of ether oxygens (including phenoxy) is 1. The number of nitrogens with one attached hydrogen (secondary N) is 1. The van der Waals surface area contributed by atoms with Crippen LogP contribution in [0, 0.1) is 5.82 Å². The lowest BCUT2D eigenvalue weighted by Gasteiger charge is -2.19. The highest BCUT2D eigenvalue weighted by Crippen LogP contribution is 2.21. The molecule has 0 aliphatic carbocycles. The summed E-state index contributed by atoms with van der Waals surface area (Å²) >= 11 is 0. The molecule has 29 heavy (non-hydrogen) atoms. The van der Waals surface area contributed by atoms with Crippen molar-refractivity contribution in [2.24, 2.45) is 0 Å². The third-order valence-corrected chi connectivity index (χ3v) is 5.04. The molecule has 1 heterocycles. The number of hydrogen-bond acceptors (Lipinski definition) is 4. The fourth-order valence-corrected chi connectivity index (χ4v) is 3.74. The lowest BCUT2D eigenvalue weighted by molar-refractivity contribution is 0.144. The van der Waals surface area contributed by atoms with Gasteiger partial charge in [0.15, 0.2) is 0 Å². The van der Waals surface area contributed by atoms with Crippen molar-refractivity contribution in [2.45, 2.75) is 32.9 Å². The van der Waals surface area contributed by atoms with E-state index in [2.05, 4.69) is 46.6 Å². The molecule has 1 aliphatic rings. The second-order valence-corrected chi connectivity index (χ2v) is 7.64. The zero-order chi connectivity index (χ0) is 20.5. The minimum absolute atomic E-state index is 0.178. The molecule has 2 aromatic rings. The Labute approximate surface area is 173 Å². The van der Waals surface area contributed by atoms with Gasteiger partial charge in [-0.1, -0.05) is 42.5 Å². The number of likely N-dealkylation sites (N-methyl/N-ethyl adjacent to an activating group) is 1. The van der Waals surface area contributed by atoms with E-state index in [9.17, 15) is 4.39 Å². The van der Waals surface area contributed by atoms with Crippen LogP contribution in [0.25, 0.3) is 0 Å². The average Bonchev–Trinajstić information content (AvgIpc) is 3.07. The molecule has 1 aliphatic heterocycles. The average molecular weight is 398 g/mol. The second-order valence-electron chi connectivity index (χ2n) is 7.64. The molecule has 2 aromatic carbocycles. The van der Waals surface area contributed by atoms with Crippen LogP contribution in [0.15, 0.2) is 65.9 Å². The lowest BCUT2D eigenvalue weighted by atomic mass is 10.1. The van der Waals surface area contributed by atoms with Crippen molar-refractivity contribution in [3.05, 3.63) is 82.8 Å². The normalized spacial score (nSPS) is 14.6. The maximum Gasteiger partial charge on any atom is 0.123 e. The highest BCUT2D eigenvalue weighted by Gasteiger charge is 2.22. The van der Waals surface area contributed by atoms with Crippen LogP contribution in [0.5, 0.6) is 0 Å². The van der Waals surface area contributed by atoms with Crippen LogP contribution in [0.1, 0.15) is 30.9 Å². The van der Waals surface area contributed by atoms with E-state index in [0.29, 0.717) is 0 Å². The van der Waals surface area contributed by atoms with Crippen LogP contribution >= 0.6 is 0 Å². The summed E-state index contributed by atoms with van der Waals surface area (Å²) in [4.78, 5) is 2.25. The summed E-state index contributed by atoms with van der Waals surface area (Å²) in [6.45, 7) is 6.92. The molecule has 3 rings (SSSR count). The zero-order valence-corrected chi connectivity index (χ0v) is 17.5. The van der Waals surface area contributed by atoms with Crippen LogP contribution in [0.2, 0.25) is 0 Å². The molecule has 4 nitrogen and oxygen atoms in total. The van der Waals surface area contributed by atoms with Crippen LogP contribution in [0.3, 0.4) is 0 Å². The van der Waals surface area contributed by atoms with E-state index < -0.39 is 0 Å². The number of allylic oxidation sites excluding steroid dienone is 1. The summed E-state index contributed by atoms with van der Waals surface area (Å²) in [6, 6.07) is 17.4. The van der Waals surface area contributed by atoms with Gasteiger partial charge in [-0.25, -0.2) is 9.40 Å². The van der Waals surface area contributed by atoms with Crippen molar-refractivity contribution in [2.75, 3.05) is 33.4 Å². The summed E-state index contributed by atoms with van der Waals surface area (Å²) < 4.78 is 19.0. The number of benzene rings is 2. The van der Waals surface area contributed by atoms with E-state index in [1.54, 1.807) is 12.1 Å². The molecule has 0 fully saturated rings. The van der Waals surface area contributed by atoms with Gasteiger partial charge in [0, 0.05) is 45.1 Å². The minimum atomic E-state index is -0.178. The SMILES string of the molecule is CCOCCCC1=C(CN(C)Cc2cccc(F)c2)CN(Cc2ccccc2)N1. The summed E-state index contributed by atoms with van der Waals surface area (Å²) in [6.07, 6.45) is 1.99. The third kappa shape index (κ3) is 6.96. The summed E-state index contributed by atoms with van der Waals surface area (Å²) in [5.74, 6) is -0.178. The maximum absolute atomic E-state index is 13.5. The summed E-state index contributed by atoms with van der Waals surface area (Å²) in [7, 11) is 2.09. The Balaban J connectivity index is 1.61. The van der Waals surface area contributed by atoms with Gasteiger partial charge >= 0.3 is 0 Å². The van der Waals surface area contributed by atoms with E-state index >= 15 is 0 Å². The summed E-state index contributed by atoms with van der Waals surface area (Å²) in [5.41, 5.74) is 8.61. The highest BCUT2D eigenvalue weighted by atomic mass is 19.1. The number of rotatable bonds is 11. The molecule has 0 saturated carbocycles. The van der Waals surface area contributed by atoms with Crippen molar-refractivity contribution >= 4 is 0 Å². The fourth-order valence-electron chi connectivity index (χ4n) is 3.74. The molecule has 0 amide bonds. The monoisotopic (exact) mass is 397 g/mol. The van der Waals surface area contributed by atoms with E-state index in [-0.39, 0.29) is 5.82 Å². The van der Waals surface area contributed by atoms with Crippen LogP contribution in [-0.4, -0.2) is 43.3 Å². The first-order chi connectivity index (χ1) is 14.1. The van der Waals surface area contributed by atoms with Gasteiger partial charge in [0.25, 0.3) is 0 Å². The molecular weight excluding hydrogens is 365 g/mol.